The van der Waals surface area contributed by atoms with Crippen LogP contribution in [0.5, 0.6) is 0 Å². The van der Waals surface area contributed by atoms with E-state index in [0.717, 1.165) is 47.1 Å². The summed E-state index contributed by atoms with van der Waals surface area (Å²) >= 11 is 8.90. The standard InChI is InChI=1S/C23H23BrN4OS/c1-27-12-14-28(15-13-27)17-10-8-16(9-11-17)25-23(30)26-22(29)20-6-2-5-19-18(20)4-3-7-21(19)24/h2-11H,12-15H2,1H3,(H2,25,26,29,30)/p+1. The molecule has 5 nitrogen and oxygen atoms in total. The van der Waals surface area contributed by atoms with Crippen LogP contribution in [0.4, 0.5) is 11.4 Å². The Balaban J connectivity index is 1.40. The van der Waals surface area contributed by atoms with Crippen molar-refractivity contribution in [3.8, 4) is 0 Å². The molecule has 4 rings (SSSR count). The number of hydrogen-bond acceptors (Lipinski definition) is 3. The fraction of sp³-hybridized carbons (Fsp3) is 0.217. The second-order valence-corrected chi connectivity index (χ2v) is 8.80. The molecule has 0 aliphatic carbocycles. The fourth-order valence-corrected chi connectivity index (χ4v) is 4.41. The van der Waals surface area contributed by atoms with E-state index in [4.69, 9.17) is 12.2 Å². The number of amides is 1. The normalized spacial score (nSPS) is 14.5. The van der Waals surface area contributed by atoms with Crippen molar-refractivity contribution in [1.29, 1.82) is 0 Å². The molecular weight excluding hydrogens is 460 g/mol. The van der Waals surface area contributed by atoms with Crippen molar-refractivity contribution in [2.75, 3.05) is 43.4 Å². The first-order valence-electron chi connectivity index (χ1n) is 9.97. The number of fused-ring (bicyclic) bond motifs is 1. The van der Waals surface area contributed by atoms with Crippen LogP contribution >= 0.6 is 28.1 Å². The molecule has 30 heavy (non-hydrogen) atoms. The maximum atomic E-state index is 12.8. The number of thiocarbonyl (C=S) groups is 1. The molecule has 0 saturated carbocycles. The highest BCUT2D eigenvalue weighted by atomic mass is 79.9. The average molecular weight is 484 g/mol. The topological polar surface area (TPSA) is 48.8 Å². The second-order valence-electron chi connectivity index (χ2n) is 7.54. The van der Waals surface area contributed by atoms with Crippen LogP contribution in [-0.2, 0) is 0 Å². The second kappa shape index (κ2) is 9.12. The molecule has 1 aliphatic rings. The van der Waals surface area contributed by atoms with Crippen LogP contribution in [0, 0.1) is 0 Å². The third kappa shape index (κ3) is 4.64. The lowest BCUT2D eigenvalue weighted by Gasteiger charge is -2.31. The molecule has 0 atom stereocenters. The highest BCUT2D eigenvalue weighted by molar-refractivity contribution is 9.10. The van der Waals surface area contributed by atoms with Gasteiger partial charge in [-0.15, -0.1) is 0 Å². The summed E-state index contributed by atoms with van der Waals surface area (Å²) in [7, 11) is 2.23. The van der Waals surface area contributed by atoms with Crippen LogP contribution in [0.3, 0.4) is 0 Å². The van der Waals surface area contributed by atoms with E-state index in [0.29, 0.717) is 5.56 Å². The van der Waals surface area contributed by atoms with E-state index in [1.54, 1.807) is 11.0 Å². The minimum absolute atomic E-state index is 0.229. The zero-order chi connectivity index (χ0) is 21.1. The Morgan fingerprint density at radius 2 is 1.67 bits per heavy atom. The zero-order valence-corrected chi connectivity index (χ0v) is 19.1. The Morgan fingerprint density at radius 3 is 2.40 bits per heavy atom. The number of rotatable bonds is 3. The molecule has 0 aromatic heterocycles. The Kier molecular flexibility index (Phi) is 6.32. The van der Waals surface area contributed by atoms with Gasteiger partial charge in [-0.1, -0.05) is 40.2 Å². The van der Waals surface area contributed by atoms with E-state index >= 15 is 0 Å². The molecule has 0 bridgehead atoms. The van der Waals surface area contributed by atoms with Gasteiger partial charge in [0.15, 0.2) is 5.11 Å². The number of anilines is 2. The van der Waals surface area contributed by atoms with E-state index < -0.39 is 0 Å². The highest BCUT2D eigenvalue weighted by Gasteiger charge is 2.17. The molecule has 1 aliphatic heterocycles. The number of piperazine rings is 1. The lowest BCUT2D eigenvalue weighted by atomic mass is 10.0. The summed E-state index contributed by atoms with van der Waals surface area (Å²) in [6.07, 6.45) is 0. The highest BCUT2D eigenvalue weighted by Crippen LogP contribution is 2.26. The molecule has 0 radical (unpaired) electrons. The first-order valence-corrected chi connectivity index (χ1v) is 11.2. The molecular formula is C23H24BrN4OS+. The number of hydrogen-bond donors (Lipinski definition) is 3. The van der Waals surface area contributed by atoms with Gasteiger partial charge in [-0.3, -0.25) is 10.1 Å². The number of nitrogens with zero attached hydrogens (tertiary/aromatic N) is 1. The van der Waals surface area contributed by atoms with Crippen molar-refractivity contribution in [2.24, 2.45) is 0 Å². The Labute approximate surface area is 190 Å². The Morgan fingerprint density at radius 1 is 1.00 bits per heavy atom. The fourth-order valence-electron chi connectivity index (χ4n) is 3.70. The van der Waals surface area contributed by atoms with Crippen molar-refractivity contribution in [3.05, 3.63) is 70.7 Å². The molecule has 3 aromatic carbocycles. The number of carbonyl (C=O) groups excluding carboxylic acids is 1. The molecule has 1 amide bonds. The number of quaternary nitrogens is 1. The maximum absolute atomic E-state index is 12.8. The lowest BCUT2D eigenvalue weighted by molar-refractivity contribution is -0.880. The smallest absolute Gasteiger partial charge is 0.258 e. The van der Waals surface area contributed by atoms with Crippen LogP contribution in [0.25, 0.3) is 10.8 Å². The summed E-state index contributed by atoms with van der Waals surface area (Å²) in [5.41, 5.74) is 2.65. The van der Waals surface area contributed by atoms with Crippen molar-refractivity contribution < 1.29 is 9.69 Å². The quantitative estimate of drug-likeness (QED) is 0.501. The van der Waals surface area contributed by atoms with E-state index in [-0.39, 0.29) is 11.0 Å². The monoisotopic (exact) mass is 483 g/mol. The number of likely N-dealkylation sites (N-methyl/N-ethyl adjacent to an activating group) is 1. The molecule has 0 spiro atoms. The van der Waals surface area contributed by atoms with Gasteiger partial charge in [0, 0.05) is 21.4 Å². The maximum Gasteiger partial charge on any atom is 0.258 e. The molecule has 0 unspecified atom stereocenters. The summed E-state index contributed by atoms with van der Waals surface area (Å²) in [6.45, 7) is 4.43. The molecule has 1 saturated heterocycles. The van der Waals surface area contributed by atoms with Gasteiger partial charge >= 0.3 is 0 Å². The molecule has 3 aromatic rings. The Hall–Kier alpha value is -2.48. The van der Waals surface area contributed by atoms with Crippen LogP contribution in [0.1, 0.15) is 10.4 Å². The average Bonchev–Trinajstić information content (AvgIpc) is 2.75. The van der Waals surface area contributed by atoms with E-state index in [9.17, 15) is 4.79 Å². The minimum atomic E-state index is -0.229. The lowest BCUT2D eigenvalue weighted by Crippen LogP contribution is -3.12. The number of carbonyl (C=O) groups is 1. The van der Waals surface area contributed by atoms with Crippen LogP contribution in [-0.4, -0.2) is 44.2 Å². The molecule has 1 fully saturated rings. The van der Waals surface area contributed by atoms with Crippen LogP contribution in [0.15, 0.2) is 65.1 Å². The van der Waals surface area contributed by atoms with Crippen LogP contribution < -0.4 is 20.4 Å². The molecule has 154 valence electrons. The Bertz CT molecular complexity index is 1080. The summed E-state index contributed by atoms with van der Waals surface area (Å²) < 4.78 is 0.956. The molecule has 1 heterocycles. The SMILES string of the molecule is C[NH+]1CCN(c2ccc(NC(=S)NC(=O)c3cccc4c(Br)cccc34)cc2)CC1. The van der Waals surface area contributed by atoms with Crippen LogP contribution in [0.2, 0.25) is 0 Å². The van der Waals surface area contributed by atoms with Gasteiger partial charge in [0.25, 0.3) is 5.91 Å². The van der Waals surface area contributed by atoms with Gasteiger partial charge in [-0.05, 0) is 59.4 Å². The van der Waals surface area contributed by atoms with Gasteiger partial charge in [0.05, 0.1) is 33.2 Å². The van der Waals surface area contributed by atoms with Crippen molar-refractivity contribution >= 4 is 61.3 Å². The van der Waals surface area contributed by atoms with Gasteiger partial charge < -0.3 is 15.1 Å². The predicted molar refractivity (Wildman–Crippen MR) is 131 cm³/mol. The third-order valence-corrected chi connectivity index (χ3v) is 6.34. The largest absolute Gasteiger partial charge is 0.360 e. The third-order valence-electron chi connectivity index (χ3n) is 5.45. The first kappa shape index (κ1) is 20.8. The van der Waals surface area contributed by atoms with Gasteiger partial charge in [-0.2, -0.15) is 0 Å². The van der Waals surface area contributed by atoms with E-state index in [1.165, 1.54) is 5.69 Å². The summed E-state index contributed by atoms with van der Waals surface area (Å²) in [6, 6.07) is 19.6. The van der Waals surface area contributed by atoms with Crippen molar-refractivity contribution in [2.45, 2.75) is 0 Å². The zero-order valence-electron chi connectivity index (χ0n) is 16.7. The summed E-state index contributed by atoms with van der Waals surface area (Å²) in [4.78, 5) is 16.8. The molecule has 7 heteroatoms. The number of halogens is 1. The van der Waals surface area contributed by atoms with E-state index in [2.05, 4.69) is 50.6 Å². The summed E-state index contributed by atoms with van der Waals surface area (Å²) in [5, 5.41) is 8.05. The number of nitrogens with one attached hydrogen (secondary N) is 3. The predicted octanol–water partition coefficient (Wildman–Crippen LogP) is 3.06. The minimum Gasteiger partial charge on any atom is -0.360 e. The first-order chi connectivity index (χ1) is 14.5. The van der Waals surface area contributed by atoms with Crippen molar-refractivity contribution in [3.63, 3.8) is 0 Å². The molecule has 3 N–H and O–H groups in total. The van der Waals surface area contributed by atoms with Gasteiger partial charge in [0.1, 0.15) is 0 Å². The summed E-state index contributed by atoms with van der Waals surface area (Å²) in [5.74, 6) is -0.229. The van der Waals surface area contributed by atoms with Gasteiger partial charge in [0.2, 0.25) is 0 Å². The number of benzene rings is 3. The van der Waals surface area contributed by atoms with Crippen molar-refractivity contribution in [1.82, 2.24) is 5.32 Å². The van der Waals surface area contributed by atoms with E-state index in [1.807, 2.05) is 42.5 Å². The van der Waals surface area contributed by atoms with Gasteiger partial charge in [-0.25, -0.2) is 0 Å².